The minimum Gasteiger partial charge on any atom is -0.465 e. The summed E-state index contributed by atoms with van der Waals surface area (Å²) < 4.78 is 18.1. The first-order valence-corrected chi connectivity index (χ1v) is 10.8. The number of anilines is 2. The highest BCUT2D eigenvalue weighted by molar-refractivity contribution is 6.06. The molecule has 0 bridgehead atoms. The van der Waals surface area contributed by atoms with Crippen LogP contribution in [0.2, 0.25) is 0 Å². The fraction of sp³-hybridized carbons (Fsp3) is 0.231. The lowest BCUT2D eigenvalue weighted by Crippen LogP contribution is -2.46. The summed E-state index contributed by atoms with van der Waals surface area (Å²) in [5.74, 6) is -1.26. The van der Waals surface area contributed by atoms with Gasteiger partial charge < -0.3 is 15.0 Å². The van der Waals surface area contributed by atoms with Gasteiger partial charge in [-0.15, -0.1) is 12.4 Å². The van der Waals surface area contributed by atoms with Crippen LogP contribution in [0.4, 0.5) is 15.8 Å². The number of halogens is 2. The largest absolute Gasteiger partial charge is 0.465 e. The predicted octanol–water partition coefficient (Wildman–Crippen LogP) is 4.61. The van der Waals surface area contributed by atoms with Gasteiger partial charge in [-0.3, -0.25) is 9.69 Å². The van der Waals surface area contributed by atoms with E-state index in [4.69, 9.17) is 4.74 Å². The molecule has 0 unspecified atom stereocenters. The zero-order valence-corrected chi connectivity index (χ0v) is 19.7. The van der Waals surface area contributed by atoms with E-state index in [1.54, 1.807) is 12.1 Å². The van der Waals surface area contributed by atoms with Gasteiger partial charge in [0, 0.05) is 38.3 Å². The fourth-order valence-electron chi connectivity index (χ4n) is 3.94. The lowest BCUT2D eigenvalue weighted by atomic mass is 10.1. The van der Waals surface area contributed by atoms with E-state index in [1.807, 2.05) is 24.3 Å². The lowest BCUT2D eigenvalue weighted by Gasteiger charge is -2.37. The third-order valence-electron chi connectivity index (χ3n) is 5.73. The summed E-state index contributed by atoms with van der Waals surface area (Å²) in [6, 6.07) is 20.9. The van der Waals surface area contributed by atoms with Crippen molar-refractivity contribution in [2.45, 2.75) is 6.54 Å². The fourth-order valence-corrected chi connectivity index (χ4v) is 3.94. The van der Waals surface area contributed by atoms with Crippen LogP contribution in [0.3, 0.4) is 0 Å². The Kier molecular flexibility index (Phi) is 8.62. The third-order valence-corrected chi connectivity index (χ3v) is 5.73. The molecule has 34 heavy (non-hydrogen) atoms. The van der Waals surface area contributed by atoms with Crippen LogP contribution < -0.4 is 10.2 Å². The van der Waals surface area contributed by atoms with Gasteiger partial charge in [0.05, 0.1) is 24.0 Å². The molecule has 3 aromatic rings. The topological polar surface area (TPSA) is 61.9 Å². The number of benzene rings is 3. The van der Waals surface area contributed by atoms with Crippen LogP contribution in [0.1, 0.15) is 26.3 Å². The predicted molar refractivity (Wildman–Crippen MR) is 133 cm³/mol. The van der Waals surface area contributed by atoms with E-state index in [-0.39, 0.29) is 18.3 Å². The van der Waals surface area contributed by atoms with Crippen LogP contribution in [-0.4, -0.2) is 50.1 Å². The summed E-state index contributed by atoms with van der Waals surface area (Å²) in [4.78, 5) is 29.4. The molecule has 6 nitrogen and oxygen atoms in total. The zero-order chi connectivity index (χ0) is 23.2. The number of amides is 1. The number of methoxy groups -OCH3 is 1. The van der Waals surface area contributed by atoms with Crippen molar-refractivity contribution in [1.29, 1.82) is 0 Å². The number of esters is 1. The summed E-state index contributed by atoms with van der Waals surface area (Å²) in [6.45, 7) is 4.20. The first-order chi connectivity index (χ1) is 16.0. The van der Waals surface area contributed by atoms with Crippen LogP contribution >= 0.6 is 12.4 Å². The standard InChI is InChI=1S/C26H26FN3O3.ClH/c1-33-26(32)21-9-12-24(23(17-21)28-25(31)20-7-10-22(27)11-8-20)30-15-13-29(14-16-30)18-19-5-3-2-4-6-19;/h2-12,17H,13-16,18H2,1H3,(H,28,31);1H. The van der Waals surface area contributed by atoms with Crippen molar-refractivity contribution < 1.29 is 18.7 Å². The molecule has 1 fully saturated rings. The maximum absolute atomic E-state index is 13.2. The first-order valence-electron chi connectivity index (χ1n) is 10.8. The van der Waals surface area contributed by atoms with Crippen molar-refractivity contribution in [2.24, 2.45) is 0 Å². The average Bonchev–Trinajstić information content (AvgIpc) is 2.85. The van der Waals surface area contributed by atoms with E-state index in [1.165, 1.54) is 36.9 Å². The van der Waals surface area contributed by atoms with Crippen molar-refractivity contribution in [3.8, 4) is 0 Å². The van der Waals surface area contributed by atoms with E-state index in [0.29, 0.717) is 16.8 Å². The van der Waals surface area contributed by atoms with Crippen LogP contribution in [0.5, 0.6) is 0 Å². The highest BCUT2D eigenvalue weighted by Crippen LogP contribution is 2.29. The van der Waals surface area contributed by atoms with Crippen molar-refractivity contribution in [2.75, 3.05) is 43.5 Å². The molecule has 0 atom stereocenters. The van der Waals surface area contributed by atoms with Gasteiger partial charge in [-0.05, 0) is 48.0 Å². The number of ether oxygens (including phenoxy) is 1. The van der Waals surface area contributed by atoms with Gasteiger partial charge in [0.1, 0.15) is 5.82 Å². The second kappa shape index (κ2) is 11.6. The number of rotatable bonds is 6. The minimum atomic E-state index is -0.480. The van der Waals surface area contributed by atoms with Gasteiger partial charge in [-0.1, -0.05) is 30.3 Å². The van der Waals surface area contributed by atoms with E-state index in [9.17, 15) is 14.0 Å². The maximum atomic E-state index is 13.2. The highest BCUT2D eigenvalue weighted by atomic mass is 35.5. The second-order valence-corrected chi connectivity index (χ2v) is 7.93. The molecule has 1 amide bonds. The number of piperazine rings is 1. The summed E-state index contributed by atoms with van der Waals surface area (Å²) in [7, 11) is 1.32. The Morgan fingerprint density at radius 3 is 2.21 bits per heavy atom. The molecule has 1 aliphatic rings. The molecule has 3 aromatic carbocycles. The molecule has 178 valence electrons. The number of hydrogen-bond acceptors (Lipinski definition) is 5. The van der Waals surface area contributed by atoms with Gasteiger partial charge >= 0.3 is 5.97 Å². The SMILES string of the molecule is COC(=O)c1ccc(N2CCN(Cc3ccccc3)CC2)c(NC(=O)c2ccc(F)cc2)c1.Cl. The van der Waals surface area contributed by atoms with Crippen LogP contribution in [0.15, 0.2) is 72.8 Å². The second-order valence-electron chi connectivity index (χ2n) is 7.93. The molecule has 1 aliphatic heterocycles. The Morgan fingerprint density at radius 2 is 1.56 bits per heavy atom. The molecule has 1 saturated heterocycles. The molecule has 0 aromatic heterocycles. The van der Waals surface area contributed by atoms with E-state index < -0.39 is 11.8 Å². The molecule has 0 saturated carbocycles. The Morgan fingerprint density at radius 1 is 0.912 bits per heavy atom. The van der Waals surface area contributed by atoms with Crippen molar-refractivity contribution in [3.63, 3.8) is 0 Å². The quantitative estimate of drug-likeness (QED) is 0.519. The minimum absolute atomic E-state index is 0. The lowest BCUT2D eigenvalue weighted by molar-refractivity contribution is 0.0600. The Bertz CT molecular complexity index is 1120. The molecule has 1 N–H and O–H groups in total. The van der Waals surface area contributed by atoms with E-state index in [2.05, 4.69) is 27.2 Å². The Hall–Kier alpha value is -3.42. The summed E-state index contributed by atoms with van der Waals surface area (Å²) in [5, 5.41) is 2.89. The molecule has 0 spiro atoms. The third kappa shape index (κ3) is 6.12. The molecule has 0 radical (unpaired) electrons. The first kappa shape index (κ1) is 25.2. The Balaban J connectivity index is 0.00000324. The van der Waals surface area contributed by atoms with Gasteiger partial charge in [0.25, 0.3) is 5.91 Å². The molecule has 0 aliphatic carbocycles. The number of nitrogens with one attached hydrogen (secondary N) is 1. The van der Waals surface area contributed by atoms with Crippen molar-refractivity contribution in [1.82, 2.24) is 4.90 Å². The Labute approximate surface area is 204 Å². The number of hydrogen-bond donors (Lipinski definition) is 1. The van der Waals surface area contributed by atoms with Crippen molar-refractivity contribution in [3.05, 3.63) is 95.3 Å². The number of carbonyl (C=O) groups excluding carboxylic acids is 2. The van der Waals surface area contributed by atoms with Gasteiger partial charge in [-0.25, -0.2) is 9.18 Å². The summed E-state index contributed by atoms with van der Waals surface area (Å²) in [6.07, 6.45) is 0. The smallest absolute Gasteiger partial charge is 0.337 e. The highest BCUT2D eigenvalue weighted by Gasteiger charge is 2.22. The zero-order valence-electron chi connectivity index (χ0n) is 18.9. The average molecular weight is 484 g/mol. The maximum Gasteiger partial charge on any atom is 0.337 e. The number of carbonyl (C=O) groups is 2. The summed E-state index contributed by atoms with van der Waals surface area (Å²) >= 11 is 0. The molecular weight excluding hydrogens is 457 g/mol. The molecule has 8 heteroatoms. The van der Waals surface area contributed by atoms with Crippen LogP contribution in [-0.2, 0) is 11.3 Å². The summed E-state index contributed by atoms with van der Waals surface area (Å²) in [5.41, 5.74) is 3.30. The van der Waals surface area contributed by atoms with Crippen LogP contribution in [0, 0.1) is 5.82 Å². The van der Waals surface area contributed by atoms with Gasteiger partial charge in [0.15, 0.2) is 0 Å². The number of nitrogens with zero attached hydrogens (tertiary/aromatic N) is 2. The monoisotopic (exact) mass is 483 g/mol. The normalized spacial score (nSPS) is 13.6. The van der Waals surface area contributed by atoms with Gasteiger partial charge in [0.2, 0.25) is 0 Å². The molecule has 4 rings (SSSR count). The molecular formula is C26H27ClFN3O3. The van der Waals surface area contributed by atoms with E-state index >= 15 is 0 Å². The van der Waals surface area contributed by atoms with Gasteiger partial charge in [-0.2, -0.15) is 0 Å². The van der Waals surface area contributed by atoms with Crippen LogP contribution in [0.25, 0.3) is 0 Å². The van der Waals surface area contributed by atoms with Crippen molar-refractivity contribution >= 4 is 35.7 Å². The molecule has 1 heterocycles. The van der Waals surface area contributed by atoms with E-state index in [0.717, 1.165) is 38.4 Å².